The van der Waals surface area contributed by atoms with Gasteiger partial charge in [0, 0.05) is 5.69 Å². The minimum Gasteiger partial charge on any atom is -0.324 e. The molecule has 2 amide bonds. The van der Waals surface area contributed by atoms with Crippen molar-refractivity contribution >= 4 is 61.9 Å². The van der Waals surface area contributed by atoms with Gasteiger partial charge in [-0.1, -0.05) is 29.8 Å². The molecule has 2 aromatic carbocycles. The van der Waals surface area contributed by atoms with Crippen LogP contribution in [0.3, 0.4) is 0 Å². The first-order chi connectivity index (χ1) is 14.8. The number of hydrogen-bond donors (Lipinski definition) is 1. The Labute approximate surface area is 193 Å². The zero-order chi connectivity index (χ0) is 22.1. The summed E-state index contributed by atoms with van der Waals surface area (Å²) in [5.41, 5.74) is 5.99. The summed E-state index contributed by atoms with van der Waals surface area (Å²) in [4.78, 5) is 33.4. The average molecular weight is 496 g/mol. The number of carbonyl (C=O) groups excluding carboxylic acids is 2. The number of nitrogens with zero attached hydrogens (tertiary/aromatic N) is 2. The largest absolute Gasteiger partial charge is 0.324 e. The van der Waals surface area contributed by atoms with Crippen LogP contribution in [-0.4, -0.2) is 24.1 Å². The van der Waals surface area contributed by atoms with E-state index in [0.29, 0.717) is 17.1 Å². The molecular formula is C24H22BrN3O2S. The third kappa shape index (κ3) is 4.62. The lowest BCUT2D eigenvalue weighted by molar-refractivity contribution is -0.120. The predicted octanol–water partition coefficient (Wildman–Crippen LogP) is 5.93. The molecule has 0 unspecified atom stereocenters. The van der Waals surface area contributed by atoms with Gasteiger partial charge in [-0.3, -0.25) is 9.59 Å². The Hall–Kier alpha value is -2.77. The molecule has 0 fully saturated rings. The normalized spacial score (nSPS) is 13.5. The van der Waals surface area contributed by atoms with Gasteiger partial charge in [0.25, 0.3) is 0 Å². The van der Waals surface area contributed by atoms with Crippen molar-refractivity contribution in [1.82, 2.24) is 0 Å². The highest BCUT2D eigenvalue weighted by Gasteiger charge is 2.27. The van der Waals surface area contributed by atoms with Crippen molar-refractivity contribution < 1.29 is 9.59 Å². The minimum atomic E-state index is -0.236. The van der Waals surface area contributed by atoms with E-state index in [-0.39, 0.29) is 24.8 Å². The highest BCUT2D eigenvalue weighted by molar-refractivity contribution is 9.11. The Kier molecular flexibility index (Phi) is 6.07. The number of hydrogen-bond acceptors (Lipinski definition) is 4. The van der Waals surface area contributed by atoms with Crippen LogP contribution in [0.2, 0.25) is 0 Å². The van der Waals surface area contributed by atoms with Gasteiger partial charge in [0.15, 0.2) is 0 Å². The van der Waals surface area contributed by atoms with Gasteiger partial charge in [0.2, 0.25) is 11.8 Å². The van der Waals surface area contributed by atoms with Crippen LogP contribution in [0.15, 0.2) is 57.3 Å². The molecule has 1 aromatic heterocycles. The summed E-state index contributed by atoms with van der Waals surface area (Å²) in [7, 11) is 0. The standard InChI is InChI=1S/C24H22BrN3O2S/c1-14-10-15(2)24(16(3)11-14)27-22(29)13-28-19-7-5-4-6-17(19)26-18(12-23(28)30)20-8-9-21(25)31-20/h4-11H,12-13H2,1-3H3,(H,27,29). The molecule has 0 radical (unpaired) electrons. The summed E-state index contributed by atoms with van der Waals surface area (Å²) in [6.45, 7) is 5.91. The van der Waals surface area contributed by atoms with E-state index in [1.165, 1.54) is 16.2 Å². The zero-order valence-electron chi connectivity index (χ0n) is 17.5. The molecule has 0 saturated carbocycles. The summed E-state index contributed by atoms with van der Waals surface area (Å²) in [5, 5.41) is 3.00. The highest BCUT2D eigenvalue weighted by Crippen LogP contribution is 2.34. The van der Waals surface area contributed by atoms with E-state index in [2.05, 4.69) is 21.2 Å². The summed E-state index contributed by atoms with van der Waals surface area (Å²) in [5.74, 6) is -0.388. The maximum absolute atomic E-state index is 13.2. The first kappa shape index (κ1) is 21.5. The molecule has 31 heavy (non-hydrogen) atoms. The van der Waals surface area contributed by atoms with E-state index < -0.39 is 0 Å². The molecule has 1 aliphatic heterocycles. The van der Waals surface area contributed by atoms with Gasteiger partial charge in [-0.25, -0.2) is 4.99 Å². The predicted molar refractivity (Wildman–Crippen MR) is 131 cm³/mol. The van der Waals surface area contributed by atoms with Crippen LogP contribution in [0.1, 0.15) is 28.0 Å². The number of carbonyl (C=O) groups is 2. The van der Waals surface area contributed by atoms with Crippen LogP contribution in [0.5, 0.6) is 0 Å². The zero-order valence-corrected chi connectivity index (χ0v) is 19.9. The van der Waals surface area contributed by atoms with E-state index in [4.69, 9.17) is 4.99 Å². The van der Waals surface area contributed by atoms with Crippen LogP contribution >= 0.6 is 27.3 Å². The van der Waals surface area contributed by atoms with Gasteiger partial charge < -0.3 is 10.2 Å². The molecule has 4 rings (SSSR count). The van der Waals surface area contributed by atoms with Crippen molar-refractivity contribution in [2.24, 2.45) is 4.99 Å². The fraction of sp³-hybridized carbons (Fsp3) is 0.208. The quantitative estimate of drug-likeness (QED) is 0.487. The maximum Gasteiger partial charge on any atom is 0.244 e. The van der Waals surface area contributed by atoms with Gasteiger partial charge in [0.05, 0.1) is 32.2 Å². The van der Waals surface area contributed by atoms with E-state index in [0.717, 1.165) is 31.0 Å². The number of benzene rings is 2. The number of amides is 2. The highest BCUT2D eigenvalue weighted by atomic mass is 79.9. The van der Waals surface area contributed by atoms with E-state index in [1.807, 2.05) is 69.3 Å². The van der Waals surface area contributed by atoms with Gasteiger partial charge in [-0.05, 0) is 72.1 Å². The lowest BCUT2D eigenvalue weighted by Gasteiger charge is -2.22. The van der Waals surface area contributed by atoms with Crippen molar-refractivity contribution in [1.29, 1.82) is 0 Å². The summed E-state index contributed by atoms with van der Waals surface area (Å²) < 4.78 is 0.982. The monoisotopic (exact) mass is 495 g/mol. The number of halogens is 1. The van der Waals surface area contributed by atoms with Gasteiger partial charge >= 0.3 is 0 Å². The van der Waals surface area contributed by atoms with Crippen LogP contribution in [-0.2, 0) is 9.59 Å². The minimum absolute atomic E-state index is 0.0699. The second-order valence-electron chi connectivity index (χ2n) is 7.63. The number of fused-ring (bicyclic) bond motifs is 1. The summed E-state index contributed by atoms with van der Waals surface area (Å²) >= 11 is 5.01. The van der Waals surface area contributed by atoms with Crippen molar-refractivity contribution in [2.45, 2.75) is 27.2 Å². The Morgan fingerprint density at radius 3 is 2.52 bits per heavy atom. The lowest BCUT2D eigenvalue weighted by Crippen LogP contribution is -2.38. The Morgan fingerprint density at radius 2 is 1.84 bits per heavy atom. The molecule has 0 spiro atoms. The van der Waals surface area contributed by atoms with Gasteiger partial charge in [-0.2, -0.15) is 0 Å². The molecule has 0 bridgehead atoms. The summed E-state index contributed by atoms with van der Waals surface area (Å²) in [6, 6.07) is 15.4. The fourth-order valence-corrected chi connectivity index (χ4v) is 5.20. The second kappa shape index (κ2) is 8.77. The van der Waals surface area contributed by atoms with Gasteiger partial charge in [0.1, 0.15) is 6.54 Å². The lowest BCUT2D eigenvalue weighted by atomic mass is 10.1. The number of aryl methyl sites for hydroxylation is 3. The molecule has 3 aromatic rings. The Balaban J connectivity index is 1.61. The number of aliphatic imine (C=N–C) groups is 1. The average Bonchev–Trinajstić information content (AvgIpc) is 3.09. The molecule has 0 atom stereocenters. The molecule has 1 N–H and O–H groups in total. The second-order valence-corrected chi connectivity index (χ2v) is 10.1. The first-order valence-electron chi connectivity index (χ1n) is 9.92. The SMILES string of the molecule is Cc1cc(C)c(NC(=O)CN2C(=O)CC(c3ccc(Br)s3)=Nc3ccccc32)c(C)c1. The first-order valence-corrected chi connectivity index (χ1v) is 11.5. The number of rotatable bonds is 4. The topological polar surface area (TPSA) is 61.8 Å². The van der Waals surface area contributed by atoms with E-state index in [9.17, 15) is 9.59 Å². The van der Waals surface area contributed by atoms with Crippen LogP contribution < -0.4 is 10.2 Å². The number of anilines is 2. The molecular weight excluding hydrogens is 474 g/mol. The molecule has 5 nitrogen and oxygen atoms in total. The third-order valence-electron chi connectivity index (χ3n) is 5.15. The number of thiophene rings is 1. The fourth-order valence-electron chi connectivity index (χ4n) is 3.83. The van der Waals surface area contributed by atoms with Crippen LogP contribution in [0, 0.1) is 20.8 Å². The Morgan fingerprint density at radius 1 is 1.13 bits per heavy atom. The van der Waals surface area contributed by atoms with Crippen molar-refractivity contribution in [3.8, 4) is 0 Å². The Bertz CT molecular complexity index is 1190. The van der Waals surface area contributed by atoms with Gasteiger partial charge in [-0.15, -0.1) is 11.3 Å². The van der Waals surface area contributed by atoms with Crippen LogP contribution in [0.25, 0.3) is 0 Å². The molecule has 0 aliphatic carbocycles. The molecule has 158 valence electrons. The van der Waals surface area contributed by atoms with E-state index >= 15 is 0 Å². The molecule has 1 aliphatic rings. The van der Waals surface area contributed by atoms with Crippen molar-refractivity contribution in [2.75, 3.05) is 16.8 Å². The molecule has 2 heterocycles. The van der Waals surface area contributed by atoms with E-state index in [1.54, 1.807) is 0 Å². The maximum atomic E-state index is 13.2. The number of para-hydroxylation sites is 2. The van der Waals surface area contributed by atoms with Crippen molar-refractivity contribution in [3.05, 3.63) is 73.9 Å². The van der Waals surface area contributed by atoms with Crippen molar-refractivity contribution in [3.63, 3.8) is 0 Å². The molecule has 0 saturated heterocycles. The van der Waals surface area contributed by atoms with Crippen LogP contribution in [0.4, 0.5) is 17.1 Å². The summed E-state index contributed by atoms with van der Waals surface area (Å²) in [6.07, 6.45) is 0.136. The third-order valence-corrected chi connectivity index (χ3v) is 6.82. The smallest absolute Gasteiger partial charge is 0.244 e. The molecule has 7 heteroatoms. The number of nitrogens with one attached hydrogen (secondary N) is 1.